The zero-order valence-electron chi connectivity index (χ0n) is 6.30. The first-order valence-electron chi connectivity index (χ1n) is 3.23. The molecule has 1 aromatic rings. The lowest BCUT2D eigenvalue weighted by Gasteiger charge is -2.02. The van der Waals surface area contributed by atoms with Crippen LogP contribution in [0.15, 0.2) is 30.8 Å². The quantitative estimate of drug-likeness (QED) is 0.586. The molecule has 0 N–H and O–H groups in total. The van der Waals surface area contributed by atoms with Crippen LogP contribution >= 0.6 is 22.6 Å². The van der Waals surface area contributed by atoms with E-state index >= 15 is 0 Å². The third-order valence-electron chi connectivity index (χ3n) is 1.41. The van der Waals surface area contributed by atoms with E-state index in [4.69, 9.17) is 4.74 Å². The van der Waals surface area contributed by atoms with Gasteiger partial charge in [0.25, 0.3) is 0 Å². The van der Waals surface area contributed by atoms with Gasteiger partial charge in [0.15, 0.2) is 0 Å². The number of hydrogen-bond donors (Lipinski definition) is 0. The first-order chi connectivity index (χ1) is 5.24. The zero-order valence-corrected chi connectivity index (χ0v) is 8.46. The molecule has 1 rings (SSSR count). The summed E-state index contributed by atoms with van der Waals surface area (Å²) in [6.07, 6.45) is 0. The van der Waals surface area contributed by atoms with E-state index in [-0.39, 0.29) is 0 Å². The first kappa shape index (κ1) is 8.59. The Morgan fingerprint density at radius 2 is 1.91 bits per heavy atom. The molecule has 0 spiro atoms. The summed E-state index contributed by atoms with van der Waals surface area (Å²) >= 11 is 2.26. The summed E-state index contributed by atoms with van der Waals surface area (Å²) in [5.74, 6) is 0.710. The Hall–Kier alpha value is -0.510. The van der Waals surface area contributed by atoms with Gasteiger partial charge in [-0.2, -0.15) is 0 Å². The normalized spacial score (nSPS) is 9.27. The van der Waals surface area contributed by atoms with Crippen molar-refractivity contribution < 1.29 is 4.74 Å². The predicted octanol–water partition coefficient (Wildman–Crippen LogP) is 2.91. The molecule has 2 heteroatoms. The third-order valence-corrected chi connectivity index (χ3v) is 2.13. The number of rotatable bonds is 2. The van der Waals surface area contributed by atoms with Gasteiger partial charge in [-0.1, -0.05) is 18.7 Å². The molecule has 58 valence electrons. The Balaban J connectivity index is 2.90. The van der Waals surface area contributed by atoms with Crippen LogP contribution in [0.25, 0.3) is 5.76 Å². The Bertz CT molecular complexity index is 251. The maximum absolute atomic E-state index is 4.98. The summed E-state index contributed by atoms with van der Waals surface area (Å²) in [6.45, 7) is 3.75. The molecule has 0 saturated heterocycles. The zero-order chi connectivity index (χ0) is 8.27. The largest absolute Gasteiger partial charge is 0.497 e. The first-order valence-corrected chi connectivity index (χ1v) is 4.31. The monoisotopic (exact) mass is 260 g/mol. The van der Waals surface area contributed by atoms with E-state index in [9.17, 15) is 0 Å². The lowest BCUT2D eigenvalue weighted by molar-refractivity contribution is 0.371. The lowest BCUT2D eigenvalue weighted by atomic mass is 10.2. The van der Waals surface area contributed by atoms with Crippen molar-refractivity contribution in [3.05, 3.63) is 40.0 Å². The summed E-state index contributed by atoms with van der Waals surface area (Å²) in [5.41, 5.74) is 1.04. The second-order valence-electron chi connectivity index (χ2n) is 2.13. The Kier molecular flexibility index (Phi) is 2.93. The van der Waals surface area contributed by atoms with Crippen molar-refractivity contribution in [2.45, 2.75) is 0 Å². The molecule has 1 nitrogen and oxygen atoms in total. The van der Waals surface area contributed by atoms with Crippen LogP contribution in [0.2, 0.25) is 0 Å². The maximum Gasteiger partial charge on any atom is 0.118 e. The van der Waals surface area contributed by atoms with Crippen LogP contribution in [0, 0.1) is 3.57 Å². The fourth-order valence-electron chi connectivity index (χ4n) is 0.754. The molecule has 0 atom stereocenters. The Morgan fingerprint density at radius 3 is 2.36 bits per heavy atom. The van der Waals surface area contributed by atoms with E-state index in [1.165, 1.54) is 3.57 Å². The molecule has 11 heavy (non-hydrogen) atoms. The van der Waals surface area contributed by atoms with E-state index in [1.807, 2.05) is 24.3 Å². The van der Waals surface area contributed by atoms with Crippen LogP contribution in [0.5, 0.6) is 0 Å². The molecule has 0 aliphatic rings. The van der Waals surface area contributed by atoms with Crippen molar-refractivity contribution in [1.29, 1.82) is 0 Å². The molecule has 0 aliphatic carbocycles. The van der Waals surface area contributed by atoms with Crippen molar-refractivity contribution in [1.82, 2.24) is 0 Å². The van der Waals surface area contributed by atoms with Gasteiger partial charge in [0, 0.05) is 9.13 Å². The van der Waals surface area contributed by atoms with Gasteiger partial charge >= 0.3 is 0 Å². The van der Waals surface area contributed by atoms with Crippen molar-refractivity contribution in [3.63, 3.8) is 0 Å². The van der Waals surface area contributed by atoms with Crippen molar-refractivity contribution >= 4 is 28.4 Å². The smallest absolute Gasteiger partial charge is 0.118 e. The van der Waals surface area contributed by atoms with Gasteiger partial charge in [0.2, 0.25) is 0 Å². The fraction of sp³-hybridized carbons (Fsp3) is 0.111. The summed E-state index contributed by atoms with van der Waals surface area (Å²) in [6, 6.07) is 8.04. The minimum absolute atomic E-state index is 0.710. The topological polar surface area (TPSA) is 9.23 Å². The number of benzene rings is 1. The molecule has 0 bridgehead atoms. The summed E-state index contributed by atoms with van der Waals surface area (Å²) in [5, 5.41) is 0. The van der Waals surface area contributed by atoms with E-state index < -0.39 is 0 Å². The van der Waals surface area contributed by atoms with Crippen molar-refractivity contribution in [3.8, 4) is 0 Å². The van der Waals surface area contributed by atoms with E-state index in [1.54, 1.807) is 7.11 Å². The summed E-state index contributed by atoms with van der Waals surface area (Å²) < 4.78 is 6.20. The third kappa shape index (κ3) is 2.22. The highest BCUT2D eigenvalue weighted by Gasteiger charge is 1.95. The van der Waals surface area contributed by atoms with Crippen LogP contribution in [0.1, 0.15) is 5.56 Å². The minimum atomic E-state index is 0.710. The SMILES string of the molecule is C=C(OC)c1ccc(I)cc1. The molecular formula is C9H9IO. The fourth-order valence-corrected chi connectivity index (χ4v) is 1.11. The lowest BCUT2D eigenvalue weighted by Crippen LogP contribution is -1.84. The molecular weight excluding hydrogens is 251 g/mol. The van der Waals surface area contributed by atoms with Gasteiger partial charge in [0.05, 0.1) is 7.11 Å². The second-order valence-corrected chi connectivity index (χ2v) is 3.38. The van der Waals surface area contributed by atoms with Gasteiger partial charge < -0.3 is 4.74 Å². The van der Waals surface area contributed by atoms with E-state index in [2.05, 4.69) is 29.2 Å². The van der Waals surface area contributed by atoms with Crippen LogP contribution in [0.4, 0.5) is 0 Å². The van der Waals surface area contributed by atoms with Gasteiger partial charge in [-0.3, -0.25) is 0 Å². The highest BCUT2D eigenvalue weighted by atomic mass is 127. The molecule has 0 fully saturated rings. The highest BCUT2D eigenvalue weighted by Crippen LogP contribution is 2.14. The van der Waals surface area contributed by atoms with E-state index in [0.717, 1.165) is 5.56 Å². The van der Waals surface area contributed by atoms with Gasteiger partial charge in [0.1, 0.15) is 5.76 Å². The molecule has 1 aromatic carbocycles. The van der Waals surface area contributed by atoms with Crippen molar-refractivity contribution in [2.24, 2.45) is 0 Å². The maximum atomic E-state index is 4.98. The number of ether oxygens (including phenoxy) is 1. The van der Waals surface area contributed by atoms with Crippen LogP contribution in [-0.2, 0) is 4.74 Å². The molecule has 0 radical (unpaired) electrons. The molecule has 0 saturated carbocycles. The summed E-state index contributed by atoms with van der Waals surface area (Å²) in [7, 11) is 1.63. The van der Waals surface area contributed by atoms with Crippen molar-refractivity contribution in [2.75, 3.05) is 7.11 Å². The number of methoxy groups -OCH3 is 1. The highest BCUT2D eigenvalue weighted by molar-refractivity contribution is 14.1. The number of hydrogen-bond acceptors (Lipinski definition) is 1. The van der Waals surface area contributed by atoms with Crippen LogP contribution in [-0.4, -0.2) is 7.11 Å². The minimum Gasteiger partial charge on any atom is -0.497 e. The molecule has 0 unspecified atom stereocenters. The average molecular weight is 260 g/mol. The Morgan fingerprint density at radius 1 is 1.36 bits per heavy atom. The van der Waals surface area contributed by atoms with Gasteiger partial charge in [-0.15, -0.1) is 0 Å². The molecule has 0 aromatic heterocycles. The molecule has 0 aliphatic heterocycles. The van der Waals surface area contributed by atoms with Gasteiger partial charge in [-0.05, 0) is 34.7 Å². The van der Waals surface area contributed by atoms with Crippen LogP contribution in [0.3, 0.4) is 0 Å². The second kappa shape index (κ2) is 3.76. The van der Waals surface area contributed by atoms with Gasteiger partial charge in [-0.25, -0.2) is 0 Å². The molecule has 0 heterocycles. The predicted molar refractivity (Wildman–Crippen MR) is 55.2 cm³/mol. The molecule has 0 amide bonds. The van der Waals surface area contributed by atoms with Crippen LogP contribution < -0.4 is 0 Å². The summed E-state index contributed by atoms with van der Waals surface area (Å²) in [4.78, 5) is 0. The van der Waals surface area contributed by atoms with E-state index in [0.29, 0.717) is 5.76 Å². The Labute approximate surface area is 80.2 Å². The standard InChI is InChI=1S/C9H9IO/c1-7(11-2)8-3-5-9(10)6-4-8/h3-6H,1H2,2H3. The number of halogens is 1. The average Bonchev–Trinajstić information content (AvgIpc) is 2.05.